The van der Waals surface area contributed by atoms with Gasteiger partial charge in [0, 0.05) is 12.1 Å². The number of nitrogens with zero attached hydrogens (tertiary/aromatic N) is 3. The second-order valence-electron chi connectivity index (χ2n) is 7.17. The topological polar surface area (TPSA) is 87.0 Å². The largest absolute Gasteiger partial charge is 0.496 e. The van der Waals surface area contributed by atoms with Crippen LogP contribution in [0.25, 0.3) is 0 Å². The number of nitriles is 1. The monoisotopic (exact) mass is 406 g/mol. The predicted octanol–water partition coefficient (Wildman–Crippen LogP) is 3.08. The average Bonchev–Trinajstić information content (AvgIpc) is 3.29. The molecule has 7 heteroatoms. The molecule has 1 saturated heterocycles. The third-order valence-corrected chi connectivity index (χ3v) is 4.99. The van der Waals surface area contributed by atoms with Crippen LogP contribution in [0.3, 0.4) is 0 Å². The summed E-state index contributed by atoms with van der Waals surface area (Å²) in [6.45, 7) is 4.75. The maximum absolute atomic E-state index is 12.1. The van der Waals surface area contributed by atoms with Crippen molar-refractivity contribution in [1.29, 1.82) is 5.26 Å². The van der Waals surface area contributed by atoms with Crippen molar-refractivity contribution in [3.8, 4) is 17.6 Å². The normalized spacial score (nSPS) is 14.2. The van der Waals surface area contributed by atoms with Crippen LogP contribution < -0.4 is 14.9 Å². The van der Waals surface area contributed by atoms with Crippen LogP contribution in [0.1, 0.15) is 36.5 Å². The molecular weight excluding hydrogens is 380 g/mol. The zero-order chi connectivity index (χ0) is 21.3. The molecule has 1 aliphatic heterocycles. The second kappa shape index (κ2) is 10.4. The van der Waals surface area contributed by atoms with E-state index in [9.17, 15) is 4.79 Å². The maximum Gasteiger partial charge on any atom is 0.277 e. The zero-order valence-electron chi connectivity index (χ0n) is 17.4. The van der Waals surface area contributed by atoms with Gasteiger partial charge in [0.2, 0.25) is 0 Å². The Kier molecular flexibility index (Phi) is 7.41. The number of carbonyl (C=O) groups is 1. The predicted molar refractivity (Wildman–Crippen MR) is 115 cm³/mol. The van der Waals surface area contributed by atoms with Crippen LogP contribution in [0.2, 0.25) is 0 Å². The van der Waals surface area contributed by atoms with E-state index in [0.29, 0.717) is 17.0 Å². The van der Waals surface area contributed by atoms with Gasteiger partial charge in [-0.15, -0.1) is 0 Å². The highest BCUT2D eigenvalue weighted by molar-refractivity contribution is 5.99. The second-order valence-corrected chi connectivity index (χ2v) is 7.17. The number of benzene rings is 2. The van der Waals surface area contributed by atoms with E-state index in [-0.39, 0.29) is 12.5 Å². The number of nitrogens with one attached hydrogen (secondary N) is 1. The quantitative estimate of drug-likeness (QED) is 0.538. The standard InChI is InChI=1S/C23H26N4O3/c1-17(25-26-23(28)16-30-21-8-5-18(14-24)6-9-21)19-7-10-22(29-2)20(13-19)15-27-11-3-4-12-27/h5-10,13H,3-4,11-12,15-16H2,1-2H3,(H,26,28)/b25-17-. The molecule has 0 spiro atoms. The Hall–Kier alpha value is -3.37. The first kappa shape index (κ1) is 21.3. The van der Waals surface area contributed by atoms with Crippen LogP contribution in [0.4, 0.5) is 0 Å². The number of hydrogen-bond acceptors (Lipinski definition) is 6. The molecule has 1 heterocycles. The summed E-state index contributed by atoms with van der Waals surface area (Å²) in [5.74, 6) is 1.02. The van der Waals surface area contributed by atoms with Crippen molar-refractivity contribution in [2.45, 2.75) is 26.3 Å². The van der Waals surface area contributed by atoms with Gasteiger partial charge in [-0.3, -0.25) is 9.69 Å². The number of methoxy groups -OCH3 is 1. The first-order chi connectivity index (χ1) is 14.6. The molecule has 30 heavy (non-hydrogen) atoms. The van der Waals surface area contributed by atoms with Gasteiger partial charge in [-0.1, -0.05) is 0 Å². The minimum Gasteiger partial charge on any atom is -0.496 e. The Morgan fingerprint density at radius 1 is 1.20 bits per heavy atom. The van der Waals surface area contributed by atoms with E-state index in [1.165, 1.54) is 12.8 Å². The van der Waals surface area contributed by atoms with E-state index in [1.54, 1.807) is 31.4 Å². The Balaban J connectivity index is 1.58. The van der Waals surface area contributed by atoms with Gasteiger partial charge in [0.05, 0.1) is 24.5 Å². The number of rotatable bonds is 8. The highest BCUT2D eigenvalue weighted by Crippen LogP contribution is 2.23. The zero-order valence-corrected chi connectivity index (χ0v) is 17.4. The number of hydrazone groups is 1. The first-order valence-electron chi connectivity index (χ1n) is 9.95. The minimum atomic E-state index is -0.357. The summed E-state index contributed by atoms with van der Waals surface area (Å²) in [4.78, 5) is 14.5. The third-order valence-electron chi connectivity index (χ3n) is 4.99. The number of hydrogen-bond donors (Lipinski definition) is 1. The molecule has 1 aliphatic rings. The molecule has 3 rings (SSSR count). The van der Waals surface area contributed by atoms with Gasteiger partial charge in [-0.05, 0) is 80.9 Å². The summed E-state index contributed by atoms with van der Waals surface area (Å²) in [6, 6.07) is 14.6. The first-order valence-corrected chi connectivity index (χ1v) is 9.95. The average molecular weight is 406 g/mol. The SMILES string of the molecule is COc1ccc(/C(C)=N\NC(=O)COc2ccc(C#N)cc2)cc1CN1CCCC1. The van der Waals surface area contributed by atoms with Crippen molar-refractivity contribution in [3.63, 3.8) is 0 Å². The van der Waals surface area contributed by atoms with Gasteiger partial charge in [0.1, 0.15) is 11.5 Å². The van der Waals surface area contributed by atoms with Crippen LogP contribution in [-0.2, 0) is 11.3 Å². The molecule has 0 bridgehead atoms. The van der Waals surface area contributed by atoms with E-state index in [4.69, 9.17) is 14.7 Å². The van der Waals surface area contributed by atoms with E-state index >= 15 is 0 Å². The summed E-state index contributed by atoms with van der Waals surface area (Å²) < 4.78 is 10.9. The van der Waals surface area contributed by atoms with Crippen LogP contribution in [0.5, 0.6) is 11.5 Å². The third kappa shape index (κ3) is 5.82. The highest BCUT2D eigenvalue weighted by atomic mass is 16.5. The molecule has 0 saturated carbocycles. The summed E-state index contributed by atoms with van der Waals surface area (Å²) >= 11 is 0. The Morgan fingerprint density at radius 2 is 1.93 bits per heavy atom. The highest BCUT2D eigenvalue weighted by Gasteiger charge is 2.15. The lowest BCUT2D eigenvalue weighted by molar-refractivity contribution is -0.123. The van der Waals surface area contributed by atoms with Gasteiger partial charge in [0.25, 0.3) is 5.91 Å². The van der Waals surface area contributed by atoms with Crippen LogP contribution >= 0.6 is 0 Å². The molecule has 0 atom stereocenters. The van der Waals surface area contributed by atoms with Crippen LogP contribution in [0, 0.1) is 11.3 Å². The smallest absolute Gasteiger partial charge is 0.277 e. The van der Waals surface area contributed by atoms with Crippen molar-refractivity contribution in [1.82, 2.24) is 10.3 Å². The van der Waals surface area contributed by atoms with Crippen molar-refractivity contribution in [2.24, 2.45) is 5.10 Å². The van der Waals surface area contributed by atoms with Crippen LogP contribution in [0.15, 0.2) is 47.6 Å². The molecule has 0 aromatic heterocycles. The molecule has 1 fully saturated rings. The lowest BCUT2D eigenvalue weighted by Crippen LogP contribution is -2.25. The fourth-order valence-corrected chi connectivity index (χ4v) is 3.33. The molecule has 2 aromatic carbocycles. The number of likely N-dealkylation sites (tertiary alicyclic amines) is 1. The Bertz CT molecular complexity index is 942. The molecule has 1 amide bonds. The Morgan fingerprint density at radius 3 is 2.60 bits per heavy atom. The molecule has 0 unspecified atom stereocenters. The van der Waals surface area contributed by atoms with Crippen molar-refractivity contribution in [3.05, 3.63) is 59.2 Å². The van der Waals surface area contributed by atoms with E-state index in [2.05, 4.69) is 21.5 Å². The molecular formula is C23H26N4O3. The van der Waals surface area contributed by atoms with Gasteiger partial charge >= 0.3 is 0 Å². The van der Waals surface area contributed by atoms with Crippen molar-refractivity contribution < 1.29 is 14.3 Å². The van der Waals surface area contributed by atoms with Gasteiger partial charge < -0.3 is 9.47 Å². The van der Waals surface area contributed by atoms with E-state index in [1.807, 2.05) is 25.1 Å². The number of amides is 1. The Labute approximate surface area is 176 Å². The fraction of sp³-hybridized carbons (Fsp3) is 0.348. The van der Waals surface area contributed by atoms with Gasteiger partial charge in [0.15, 0.2) is 6.61 Å². The maximum atomic E-state index is 12.1. The lowest BCUT2D eigenvalue weighted by Gasteiger charge is -2.17. The summed E-state index contributed by atoms with van der Waals surface area (Å²) in [7, 11) is 1.68. The lowest BCUT2D eigenvalue weighted by atomic mass is 10.1. The minimum absolute atomic E-state index is 0.161. The summed E-state index contributed by atoms with van der Waals surface area (Å²) in [5.41, 5.74) is 5.81. The molecule has 2 aromatic rings. The number of carbonyl (C=O) groups excluding carboxylic acids is 1. The summed E-state index contributed by atoms with van der Waals surface area (Å²) in [5, 5.41) is 13.0. The van der Waals surface area contributed by atoms with E-state index < -0.39 is 0 Å². The van der Waals surface area contributed by atoms with Crippen molar-refractivity contribution >= 4 is 11.6 Å². The van der Waals surface area contributed by atoms with Gasteiger partial charge in [-0.2, -0.15) is 10.4 Å². The molecule has 156 valence electrons. The van der Waals surface area contributed by atoms with Crippen LogP contribution in [-0.4, -0.2) is 43.3 Å². The summed E-state index contributed by atoms with van der Waals surface area (Å²) in [6.07, 6.45) is 2.47. The van der Waals surface area contributed by atoms with Crippen molar-refractivity contribution in [2.75, 3.05) is 26.8 Å². The fourth-order valence-electron chi connectivity index (χ4n) is 3.33. The van der Waals surface area contributed by atoms with E-state index in [0.717, 1.165) is 36.5 Å². The molecule has 1 N–H and O–H groups in total. The van der Waals surface area contributed by atoms with Gasteiger partial charge in [-0.25, -0.2) is 5.43 Å². The molecule has 7 nitrogen and oxygen atoms in total. The molecule has 0 aliphatic carbocycles. The number of ether oxygens (including phenoxy) is 2. The molecule has 0 radical (unpaired) electrons.